The van der Waals surface area contributed by atoms with E-state index >= 15 is 0 Å². The van der Waals surface area contributed by atoms with E-state index in [4.69, 9.17) is 0 Å². The van der Waals surface area contributed by atoms with Crippen LogP contribution < -0.4 is 0 Å². The fourth-order valence-corrected chi connectivity index (χ4v) is 3.18. The summed E-state index contributed by atoms with van der Waals surface area (Å²) < 4.78 is 0. The molecule has 1 saturated carbocycles. The molecule has 0 N–H and O–H groups in total. The van der Waals surface area contributed by atoms with E-state index in [1.54, 1.807) is 0 Å². The van der Waals surface area contributed by atoms with Gasteiger partial charge in [-0.1, -0.05) is 38.1 Å². The number of rotatable bonds is 6. The first-order valence-corrected chi connectivity index (χ1v) is 8.63. The van der Waals surface area contributed by atoms with Crippen LogP contribution in [0.2, 0.25) is 0 Å². The highest BCUT2D eigenvalue weighted by Gasteiger charge is 2.32. The summed E-state index contributed by atoms with van der Waals surface area (Å²) in [6, 6.07) is 9.85. The standard InChI is InChI=1S/C20H33N/c1-15(2)19-11-9-17(10-12-19)13-16(3)21(20(4,5)6)14-18-7-8-18/h9-12,15-16,18H,7-8,13-14H2,1-6H3. The van der Waals surface area contributed by atoms with Crippen molar-refractivity contribution in [1.29, 1.82) is 0 Å². The van der Waals surface area contributed by atoms with Crippen molar-refractivity contribution in [2.24, 2.45) is 5.92 Å². The van der Waals surface area contributed by atoms with Crippen molar-refractivity contribution >= 4 is 0 Å². The maximum Gasteiger partial charge on any atom is 0.0128 e. The van der Waals surface area contributed by atoms with Crippen molar-refractivity contribution in [1.82, 2.24) is 4.90 Å². The number of nitrogens with zero attached hydrogens (tertiary/aromatic N) is 1. The van der Waals surface area contributed by atoms with Gasteiger partial charge in [0.1, 0.15) is 0 Å². The van der Waals surface area contributed by atoms with Gasteiger partial charge >= 0.3 is 0 Å². The van der Waals surface area contributed by atoms with Crippen LogP contribution in [0.25, 0.3) is 0 Å². The van der Waals surface area contributed by atoms with E-state index in [0.29, 0.717) is 12.0 Å². The summed E-state index contributed by atoms with van der Waals surface area (Å²) in [6.45, 7) is 15.2. The van der Waals surface area contributed by atoms with Crippen LogP contribution >= 0.6 is 0 Å². The topological polar surface area (TPSA) is 3.24 Å². The maximum atomic E-state index is 2.71. The van der Waals surface area contributed by atoms with Gasteiger partial charge in [-0.2, -0.15) is 0 Å². The van der Waals surface area contributed by atoms with Crippen LogP contribution in [-0.4, -0.2) is 23.0 Å². The van der Waals surface area contributed by atoms with Gasteiger partial charge in [0.15, 0.2) is 0 Å². The molecular formula is C20H33N. The highest BCUT2D eigenvalue weighted by Crippen LogP contribution is 2.33. The minimum Gasteiger partial charge on any atom is -0.295 e. The van der Waals surface area contributed by atoms with Crippen molar-refractivity contribution in [3.63, 3.8) is 0 Å². The lowest BCUT2D eigenvalue weighted by atomic mass is 9.96. The Labute approximate surface area is 131 Å². The summed E-state index contributed by atoms with van der Waals surface area (Å²) in [5, 5.41) is 0. The van der Waals surface area contributed by atoms with Crippen LogP contribution in [0.1, 0.15) is 71.4 Å². The first-order valence-electron chi connectivity index (χ1n) is 8.63. The summed E-state index contributed by atoms with van der Waals surface area (Å²) >= 11 is 0. The quantitative estimate of drug-likeness (QED) is 0.690. The molecule has 0 radical (unpaired) electrons. The van der Waals surface area contributed by atoms with E-state index < -0.39 is 0 Å². The smallest absolute Gasteiger partial charge is 0.0128 e. The summed E-state index contributed by atoms with van der Waals surface area (Å²) in [6.07, 6.45) is 4.02. The van der Waals surface area contributed by atoms with Crippen LogP contribution in [0, 0.1) is 5.92 Å². The van der Waals surface area contributed by atoms with Gasteiger partial charge in [-0.15, -0.1) is 0 Å². The zero-order chi connectivity index (χ0) is 15.6. The molecule has 0 saturated heterocycles. The van der Waals surface area contributed by atoms with Crippen molar-refractivity contribution in [2.75, 3.05) is 6.54 Å². The third-order valence-corrected chi connectivity index (χ3v) is 4.72. The second kappa shape index (κ2) is 6.52. The first-order chi connectivity index (χ1) is 9.77. The minimum absolute atomic E-state index is 0.264. The third kappa shape index (κ3) is 4.85. The molecule has 1 fully saturated rings. The zero-order valence-corrected chi connectivity index (χ0v) is 14.8. The van der Waals surface area contributed by atoms with Gasteiger partial charge < -0.3 is 0 Å². The lowest BCUT2D eigenvalue weighted by Gasteiger charge is -2.40. The number of hydrogen-bond donors (Lipinski definition) is 0. The van der Waals surface area contributed by atoms with Crippen LogP contribution in [0.3, 0.4) is 0 Å². The average Bonchev–Trinajstić information content (AvgIpc) is 3.19. The molecule has 118 valence electrons. The van der Waals surface area contributed by atoms with Crippen molar-refractivity contribution < 1.29 is 0 Å². The lowest BCUT2D eigenvalue weighted by molar-refractivity contribution is 0.0843. The van der Waals surface area contributed by atoms with Crippen molar-refractivity contribution in [3.05, 3.63) is 35.4 Å². The average molecular weight is 287 g/mol. The fraction of sp³-hybridized carbons (Fsp3) is 0.700. The molecule has 0 heterocycles. The van der Waals surface area contributed by atoms with E-state index in [2.05, 4.69) is 70.7 Å². The summed E-state index contributed by atoms with van der Waals surface area (Å²) in [4.78, 5) is 2.71. The molecule has 21 heavy (non-hydrogen) atoms. The predicted octanol–water partition coefficient (Wildman–Crippen LogP) is 5.25. The molecule has 0 spiro atoms. The molecule has 1 heteroatoms. The van der Waals surface area contributed by atoms with Crippen LogP contribution in [-0.2, 0) is 6.42 Å². The van der Waals surface area contributed by atoms with E-state index in [1.807, 2.05) is 0 Å². The minimum atomic E-state index is 0.264. The Balaban J connectivity index is 2.01. The molecule has 1 atom stereocenters. The first kappa shape index (κ1) is 16.5. The Morgan fingerprint density at radius 3 is 2.05 bits per heavy atom. The van der Waals surface area contributed by atoms with Gasteiger partial charge in [-0.3, -0.25) is 4.90 Å². The molecule has 1 unspecified atom stereocenters. The molecule has 1 aliphatic rings. The van der Waals surface area contributed by atoms with E-state index in [1.165, 1.54) is 30.5 Å². The Morgan fingerprint density at radius 2 is 1.62 bits per heavy atom. The molecule has 1 aromatic carbocycles. The molecule has 0 amide bonds. The van der Waals surface area contributed by atoms with Crippen LogP contribution in [0.15, 0.2) is 24.3 Å². The van der Waals surface area contributed by atoms with Crippen molar-refractivity contribution in [3.8, 4) is 0 Å². The van der Waals surface area contributed by atoms with Gasteiger partial charge in [0.05, 0.1) is 0 Å². The second-order valence-corrected chi connectivity index (χ2v) is 8.22. The normalized spacial score (nSPS) is 17.5. The Bertz CT molecular complexity index is 434. The lowest BCUT2D eigenvalue weighted by Crippen LogP contribution is -2.48. The monoisotopic (exact) mass is 287 g/mol. The molecule has 0 aromatic heterocycles. The van der Waals surface area contributed by atoms with E-state index in [0.717, 1.165) is 12.3 Å². The van der Waals surface area contributed by atoms with Gasteiger partial charge in [0, 0.05) is 18.1 Å². The van der Waals surface area contributed by atoms with Gasteiger partial charge in [0.2, 0.25) is 0 Å². The maximum absolute atomic E-state index is 2.71. The molecular weight excluding hydrogens is 254 g/mol. The van der Waals surface area contributed by atoms with Crippen LogP contribution in [0.5, 0.6) is 0 Å². The van der Waals surface area contributed by atoms with Crippen LogP contribution in [0.4, 0.5) is 0 Å². The second-order valence-electron chi connectivity index (χ2n) is 8.22. The molecule has 2 rings (SSSR count). The number of hydrogen-bond acceptors (Lipinski definition) is 1. The van der Waals surface area contributed by atoms with E-state index in [-0.39, 0.29) is 5.54 Å². The molecule has 1 nitrogen and oxygen atoms in total. The zero-order valence-electron chi connectivity index (χ0n) is 14.8. The Hall–Kier alpha value is -0.820. The third-order valence-electron chi connectivity index (χ3n) is 4.72. The predicted molar refractivity (Wildman–Crippen MR) is 92.9 cm³/mol. The fourth-order valence-electron chi connectivity index (χ4n) is 3.18. The summed E-state index contributed by atoms with van der Waals surface area (Å²) in [5.74, 6) is 1.58. The largest absolute Gasteiger partial charge is 0.295 e. The highest BCUT2D eigenvalue weighted by molar-refractivity contribution is 5.25. The molecule has 1 aromatic rings. The highest BCUT2D eigenvalue weighted by atomic mass is 15.2. The van der Waals surface area contributed by atoms with Gasteiger partial charge in [0.25, 0.3) is 0 Å². The van der Waals surface area contributed by atoms with Gasteiger partial charge in [-0.05, 0) is 69.9 Å². The summed E-state index contributed by atoms with van der Waals surface area (Å²) in [5.41, 5.74) is 3.17. The molecule has 0 aliphatic heterocycles. The number of benzene rings is 1. The van der Waals surface area contributed by atoms with Gasteiger partial charge in [-0.25, -0.2) is 0 Å². The molecule has 0 bridgehead atoms. The van der Waals surface area contributed by atoms with E-state index in [9.17, 15) is 0 Å². The Morgan fingerprint density at radius 1 is 1.05 bits per heavy atom. The van der Waals surface area contributed by atoms with Crippen molar-refractivity contribution in [2.45, 2.75) is 78.3 Å². The Kier molecular flexibility index (Phi) is 5.14. The molecule has 1 aliphatic carbocycles. The summed E-state index contributed by atoms with van der Waals surface area (Å²) in [7, 11) is 0. The SMILES string of the molecule is CC(C)c1ccc(CC(C)N(CC2CC2)C(C)(C)C)cc1.